The first-order chi connectivity index (χ1) is 19.8. The van der Waals surface area contributed by atoms with Gasteiger partial charge >= 0.3 is 6.03 Å². The van der Waals surface area contributed by atoms with E-state index in [2.05, 4.69) is 15.2 Å². The van der Waals surface area contributed by atoms with E-state index in [9.17, 15) is 27.5 Å². The molecule has 12 nitrogen and oxygen atoms in total. The summed E-state index contributed by atoms with van der Waals surface area (Å²) in [5.41, 5.74) is 0.816. The third-order valence-corrected chi connectivity index (χ3v) is 8.67. The second-order valence-corrected chi connectivity index (χ2v) is 12.0. The fourth-order valence-corrected chi connectivity index (χ4v) is 6.05. The molecule has 1 aliphatic rings. The van der Waals surface area contributed by atoms with Crippen molar-refractivity contribution in [1.82, 2.24) is 15.0 Å². The van der Waals surface area contributed by atoms with Crippen LogP contribution >= 0.6 is 0 Å². The number of urea groups is 1. The predicted octanol–water partition coefficient (Wildman–Crippen LogP) is 3.62. The van der Waals surface area contributed by atoms with Gasteiger partial charge in [0.15, 0.2) is 10.7 Å². The van der Waals surface area contributed by atoms with Gasteiger partial charge in [0.25, 0.3) is 15.9 Å². The Morgan fingerprint density at radius 3 is 2.50 bits per heavy atom. The van der Waals surface area contributed by atoms with Crippen LogP contribution in [-0.2, 0) is 10.0 Å². The summed E-state index contributed by atoms with van der Waals surface area (Å²) in [6.07, 6.45) is -0.584. The topological polar surface area (TPSA) is 154 Å². The molecule has 1 aromatic heterocycles. The SMILES string of the molecule is Cc1noc(C)c1S(=O)(=O)Nc1ccc2c(c1)C(=O)N([C@@H](C)CO)C[C@H](C)[C@H](CN(C)C(=O)Nc1ccc(F)cc1)O2. The van der Waals surface area contributed by atoms with Crippen molar-refractivity contribution < 1.29 is 36.8 Å². The maximum atomic E-state index is 13.7. The number of amides is 3. The molecule has 0 spiro atoms. The highest BCUT2D eigenvalue weighted by Gasteiger charge is 2.34. The van der Waals surface area contributed by atoms with E-state index in [1.165, 1.54) is 66.1 Å². The normalized spacial score (nSPS) is 17.9. The van der Waals surface area contributed by atoms with E-state index in [0.29, 0.717) is 5.69 Å². The smallest absolute Gasteiger partial charge is 0.321 e. The summed E-state index contributed by atoms with van der Waals surface area (Å²) in [5, 5.41) is 16.3. The Bertz CT molecular complexity index is 1540. The van der Waals surface area contributed by atoms with E-state index in [1.807, 2.05) is 6.92 Å². The highest BCUT2D eigenvalue weighted by atomic mass is 32.2. The number of benzene rings is 2. The number of aromatic nitrogens is 1. The van der Waals surface area contributed by atoms with Gasteiger partial charge in [0.05, 0.1) is 24.8 Å². The van der Waals surface area contributed by atoms with Crippen molar-refractivity contribution in [3.05, 3.63) is 65.3 Å². The summed E-state index contributed by atoms with van der Waals surface area (Å²) >= 11 is 0. The minimum Gasteiger partial charge on any atom is -0.487 e. The van der Waals surface area contributed by atoms with Crippen LogP contribution in [0.25, 0.3) is 0 Å². The zero-order valence-corrected chi connectivity index (χ0v) is 24.7. The Morgan fingerprint density at radius 1 is 1.21 bits per heavy atom. The van der Waals surface area contributed by atoms with Crippen molar-refractivity contribution in [1.29, 1.82) is 0 Å². The average molecular weight is 604 g/mol. The van der Waals surface area contributed by atoms with Crippen LogP contribution in [0.2, 0.25) is 0 Å². The lowest BCUT2D eigenvalue weighted by Gasteiger charge is -2.38. The van der Waals surface area contributed by atoms with Crippen LogP contribution in [0.3, 0.4) is 0 Å². The summed E-state index contributed by atoms with van der Waals surface area (Å²) in [6, 6.07) is 8.72. The Balaban J connectivity index is 1.62. The number of aliphatic hydroxyl groups is 1. The largest absolute Gasteiger partial charge is 0.487 e. The van der Waals surface area contributed by atoms with Gasteiger partial charge in [-0.05, 0) is 63.2 Å². The molecule has 1 aliphatic heterocycles. The highest BCUT2D eigenvalue weighted by molar-refractivity contribution is 7.92. The molecule has 0 saturated carbocycles. The number of anilines is 2. The maximum absolute atomic E-state index is 13.7. The van der Waals surface area contributed by atoms with Gasteiger partial charge in [-0.3, -0.25) is 9.52 Å². The number of aliphatic hydroxyl groups excluding tert-OH is 1. The summed E-state index contributed by atoms with van der Waals surface area (Å²) < 4.78 is 53.2. The highest BCUT2D eigenvalue weighted by Crippen LogP contribution is 2.32. The van der Waals surface area contributed by atoms with Gasteiger partial charge in [0.2, 0.25) is 0 Å². The summed E-state index contributed by atoms with van der Waals surface area (Å²) in [5.74, 6) is -0.822. The Kier molecular flexibility index (Phi) is 9.06. The number of aryl methyl sites for hydroxylation is 2. The number of nitrogens with one attached hydrogen (secondary N) is 2. The van der Waals surface area contributed by atoms with E-state index >= 15 is 0 Å². The quantitative estimate of drug-likeness (QED) is 0.353. The fourth-order valence-electron chi connectivity index (χ4n) is 4.67. The molecule has 3 amide bonds. The molecular formula is C28H34FN5O7S. The molecule has 3 atom stereocenters. The minimum absolute atomic E-state index is 0.0876. The predicted molar refractivity (Wildman–Crippen MR) is 152 cm³/mol. The van der Waals surface area contributed by atoms with Crippen molar-refractivity contribution in [2.45, 2.75) is 44.7 Å². The second-order valence-electron chi connectivity index (χ2n) is 10.4. The van der Waals surface area contributed by atoms with E-state index in [1.54, 1.807) is 14.0 Å². The molecule has 0 saturated heterocycles. The van der Waals surface area contributed by atoms with Gasteiger partial charge in [-0.2, -0.15) is 0 Å². The lowest BCUT2D eigenvalue weighted by Crippen LogP contribution is -2.50. The van der Waals surface area contributed by atoms with Gasteiger partial charge in [-0.25, -0.2) is 17.6 Å². The van der Waals surface area contributed by atoms with Crippen LogP contribution in [0.1, 0.15) is 35.7 Å². The number of likely N-dealkylation sites (N-methyl/N-ethyl adjacent to an activating group) is 1. The molecule has 0 aliphatic carbocycles. The molecule has 0 fully saturated rings. The number of sulfonamides is 1. The first kappa shape index (κ1) is 30.8. The Hall–Kier alpha value is -4.17. The first-order valence-electron chi connectivity index (χ1n) is 13.3. The van der Waals surface area contributed by atoms with Gasteiger partial charge in [-0.1, -0.05) is 12.1 Å². The number of carbonyl (C=O) groups excluding carboxylic acids is 2. The van der Waals surface area contributed by atoms with Crippen molar-refractivity contribution >= 4 is 33.3 Å². The van der Waals surface area contributed by atoms with Crippen LogP contribution in [-0.4, -0.2) is 79.3 Å². The number of nitrogens with zero attached hydrogens (tertiary/aromatic N) is 3. The maximum Gasteiger partial charge on any atom is 0.321 e. The van der Waals surface area contributed by atoms with Gasteiger partial charge in [-0.15, -0.1) is 0 Å². The standard InChI is InChI=1S/C28H34FN5O7S/c1-16-13-34(17(2)15-35)27(36)23-12-22(32-42(38,39)26-18(3)31-41-19(26)4)10-11-24(23)40-25(16)14-33(5)28(37)30-21-8-6-20(29)7-9-21/h6-12,16-17,25,32,35H,13-15H2,1-5H3,(H,30,37)/t16-,17-,25-/m0/s1. The van der Waals surface area contributed by atoms with Gasteiger partial charge < -0.3 is 29.5 Å². The fraction of sp³-hybridized carbons (Fsp3) is 0.393. The van der Waals surface area contributed by atoms with E-state index in [-0.39, 0.29) is 59.0 Å². The third kappa shape index (κ3) is 6.65. The number of halogens is 1. The monoisotopic (exact) mass is 603 g/mol. The van der Waals surface area contributed by atoms with Crippen LogP contribution in [0, 0.1) is 25.6 Å². The molecule has 0 bridgehead atoms. The van der Waals surface area contributed by atoms with E-state index in [0.717, 1.165) is 0 Å². The number of hydrogen-bond acceptors (Lipinski definition) is 8. The van der Waals surface area contributed by atoms with Crippen molar-refractivity contribution in [3.8, 4) is 5.75 Å². The number of rotatable bonds is 8. The Labute approximate surface area is 243 Å². The van der Waals surface area contributed by atoms with Crippen molar-refractivity contribution in [2.75, 3.05) is 36.8 Å². The average Bonchev–Trinajstić information content (AvgIpc) is 3.29. The molecule has 2 aromatic carbocycles. The minimum atomic E-state index is -4.08. The molecule has 226 valence electrons. The number of hydrogen-bond donors (Lipinski definition) is 3. The number of ether oxygens (including phenoxy) is 1. The molecule has 3 N–H and O–H groups in total. The third-order valence-electron chi connectivity index (χ3n) is 7.05. The molecule has 0 unspecified atom stereocenters. The summed E-state index contributed by atoms with van der Waals surface area (Å²) in [4.78, 5) is 29.4. The summed E-state index contributed by atoms with van der Waals surface area (Å²) in [6.45, 7) is 6.61. The van der Waals surface area contributed by atoms with Gasteiger partial charge in [0.1, 0.15) is 23.4 Å². The number of fused-ring (bicyclic) bond motifs is 1. The zero-order chi connectivity index (χ0) is 30.8. The number of carbonyl (C=O) groups is 2. The van der Waals surface area contributed by atoms with E-state index in [4.69, 9.17) is 9.26 Å². The summed E-state index contributed by atoms with van der Waals surface area (Å²) in [7, 11) is -2.50. The van der Waals surface area contributed by atoms with Crippen LogP contribution < -0.4 is 14.8 Å². The van der Waals surface area contributed by atoms with Crippen molar-refractivity contribution in [2.24, 2.45) is 5.92 Å². The molecular weight excluding hydrogens is 569 g/mol. The van der Waals surface area contributed by atoms with Crippen molar-refractivity contribution in [3.63, 3.8) is 0 Å². The lowest BCUT2D eigenvalue weighted by atomic mass is 9.99. The molecule has 0 radical (unpaired) electrons. The van der Waals surface area contributed by atoms with Gasteiger partial charge in [0, 0.05) is 30.9 Å². The second kappa shape index (κ2) is 12.4. The van der Waals surface area contributed by atoms with Crippen LogP contribution in [0.4, 0.5) is 20.6 Å². The lowest BCUT2D eigenvalue weighted by molar-refractivity contribution is 0.0371. The molecule has 4 rings (SSSR count). The van der Waals surface area contributed by atoms with Crippen LogP contribution in [0.15, 0.2) is 51.9 Å². The van der Waals surface area contributed by atoms with Crippen LogP contribution in [0.5, 0.6) is 5.75 Å². The van der Waals surface area contributed by atoms with E-state index < -0.39 is 39.9 Å². The first-order valence-corrected chi connectivity index (χ1v) is 14.7. The molecule has 2 heterocycles. The molecule has 42 heavy (non-hydrogen) atoms. The molecule has 3 aromatic rings. The zero-order valence-electron chi connectivity index (χ0n) is 23.9. The molecule has 14 heteroatoms. The Morgan fingerprint density at radius 2 is 1.88 bits per heavy atom.